The number of nitrogens with two attached hydrogens (primary N) is 1. The van der Waals surface area contributed by atoms with Crippen LogP contribution in [0.4, 0.5) is 5.13 Å². The number of hydrogen-bond donors (Lipinski definition) is 1. The SMILES string of the molecule is COc1cccc2sc(N3CCC(CN)CC3)nc12. The van der Waals surface area contributed by atoms with E-state index in [1.54, 1.807) is 18.4 Å². The van der Waals surface area contributed by atoms with Gasteiger partial charge in [0.2, 0.25) is 0 Å². The molecule has 0 amide bonds. The van der Waals surface area contributed by atoms with Crippen LogP contribution < -0.4 is 15.4 Å². The van der Waals surface area contributed by atoms with Crippen LogP contribution in [0, 0.1) is 5.92 Å². The first kappa shape index (κ1) is 12.7. The Bertz CT molecular complexity index is 561. The molecule has 0 bridgehead atoms. The van der Waals surface area contributed by atoms with Gasteiger partial charge in [0.05, 0.1) is 11.8 Å². The van der Waals surface area contributed by atoms with Crippen LogP contribution in [-0.2, 0) is 0 Å². The van der Waals surface area contributed by atoms with E-state index in [0.29, 0.717) is 5.92 Å². The van der Waals surface area contributed by atoms with Crippen LogP contribution in [0.2, 0.25) is 0 Å². The molecular formula is C14H19N3OS. The quantitative estimate of drug-likeness (QED) is 0.936. The van der Waals surface area contributed by atoms with Crippen LogP contribution in [0.5, 0.6) is 5.75 Å². The molecule has 2 aromatic rings. The lowest BCUT2D eigenvalue weighted by atomic mass is 9.98. The van der Waals surface area contributed by atoms with Gasteiger partial charge >= 0.3 is 0 Å². The third-order valence-electron chi connectivity index (χ3n) is 3.81. The molecule has 1 aliphatic rings. The van der Waals surface area contributed by atoms with Gasteiger partial charge in [0.25, 0.3) is 0 Å². The van der Waals surface area contributed by atoms with E-state index >= 15 is 0 Å². The molecule has 3 rings (SSSR count). The highest BCUT2D eigenvalue weighted by Gasteiger charge is 2.21. The molecule has 2 N–H and O–H groups in total. The zero-order chi connectivity index (χ0) is 13.2. The van der Waals surface area contributed by atoms with Crippen molar-refractivity contribution in [1.29, 1.82) is 0 Å². The number of aromatic nitrogens is 1. The van der Waals surface area contributed by atoms with Crippen molar-refractivity contribution < 1.29 is 4.74 Å². The van der Waals surface area contributed by atoms with Crippen LogP contribution >= 0.6 is 11.3 Å². The number of nitrogens with zero attached hydrogens (tertiary/aromatic N) is 2. The fourth-order valence-electron chi connectivity index (χ4n) is 2.57. The van der Waals surface area contributed by atoms with Crippen molar-refractivity contribution in [2.45, 2.75) is 12.8 Å². The molecular weight excluding hydrogens is 258 g/mol. The summed E-state index contributed by atoms with van der Waals surface area (Å²) in [5.74, 6) is 1.54. The van der Waals surface area contributed by atoms with Gasteiger partial charge in [0, 0.05) is 13.1 Å². The Hall–Kier alpha value is -1.33. The van der Waals surface area contributed by atoms with E-state index in [1.165, 1.54) is 17.5 Å². The predicted molar refractivity (Wildman–Crippen MR) is 80.2 cm³/mol. The van der Waals surface area contributed by atoms with E-state index in [2.05, 4.69) is 11.0 Å². The maximum atomic E-state index is 5.74. The summed E-state index contributed by atoms with van der Waals surface area (Å²) in [6.07, 6.45) is 2.34. The summed E-state index contributed by atoms with van der Waals surface area (Å²) in [5.41, 5.74) is 6.72. The Kier molecular flexibility index (Phi) is 3.57. The zero-order valence-electron chi connectivity index (χ0n) is 11.1. The molecule has 19 heavy (non-hydrogen) atoms. The minimum Gasteiger partial charge on any atom is -0.494 e. The fraction of sp³-hybridized carbons (Fsp3) is 0.500. The molecule has 1 aromatic carbocycles. The first-order valence-electron chi connectivity index (χ1n) is 6.70. The summed E-state index contributed by atoms with van der Waals surface area (Å²) in [6.45, 7) is 2.93. The van der Waals surface area contributed by atoms with Crippen molar-refractivity contribution in [2.75, 3.05) is 31.6 Å². The number of piperidine rings is 1. The predicted octanol–water partition coefficient (Wildman–Crippen LogP) is 2.48. The third-order valence-corrected chi connectivity index (χ3v) is 4.89. The molecule has 0 spiro atoms. The van der Waals surface area contributed by atoms with E-state index in [0.717, 1.165) is 36.0 Å². The Morgan fingerprint density at radius 2 is 2.21 bits per heavy atom. The second-order valence-corrected chi connectivity index (χ2v) is 5.98. The molecule has 2 heterocycles. The van der Waals surface area contributed by atoms with Crippen molar-refractivity contribution in [3.63, 3.8) is 0 Å². The number of anilines is 1. The number of para-hydroxylation sites is 1. The first-order chi connectivity index (χ1) is 9.31. The molecule has 0 atom stereocenters. The second kappa shape index (κ2) is 5.35. The average molecular weight is 277 g/mol. The van der Waals surface area contributed by atoms with Crippen LogP contribution in [0.3, 0.4) is 0 Å². The van der Waals surface area contributed by atoms with Crippen LogP contribution in [0.1, 0.15) is 12.8 Å². The lowest BCUT2D eigenvalue weighted by molar-refractivity contribution is 0.413. The molecule has 0 aliphatic carbocycles. The lowest BCUT2D eigenvalue weighted by Gasteiger charge is -2.30. The fourth-order valence-corrected chi connectivity index (χ4v) is 3.61. The van der Waals surface area contributed by atoms with Crippen LogP contribution in [0.25, 0.3) is 10.2 Å². The Labute approximate surface area is 117 Å². The maximum Gasteiger partial charge on any atom is 0.186 e. The van der Waals surface area contributed by atoms with Gasteiger partial charge < -0.3 is 15.4 Å². The van der Waals surface area contributed by atoms with E-state index in [9.17, 15) is 0 Å². The van der Waals surface area contributed by atoms with Crippen molar-refractivity contribution in [1.82, 2.24) is 4.98 Å². The highest BCUT2D eigenvalue weighted by Crippen LogP contribution is 2.35. The highest BCUT2D eigenvalue weighted by atomic mass is 32.1. The molecule has 0 radical (unpaired) electrons. The highest BCUT2D eigenvalue weighted by molar-refractivity contribution is 7.22. The third kappa shape index (κ3) is 2.40. The van der Waals surface area contributed by atoms with Crippen molar-refractivity contribution in [3.05, 3.63) is 18.2 Å². The van der Waals surface area contributed by atoms with E-state index < -0.39 is 0 Å². The van der Waals surface area contributed by atoms with E-state index in [1.807, 2.05) is 12.1 Å². The average Bonchev–Trinajstić information content (AvgIpc) is 2.91. The summed E-state index contributed by atoms with van der Waals surface area (Å²) >= 11 is 1.75. The standard InChI is InChI=1S/C14H19N3OS/c1-18-11-3-2-4-12-13(11)16-14(19-12)17-7-5-10(9-15)6-8-17/h2-4,10H,5-9,15H2,1H3. The molecule has 102 valence electrons. The van der Waals surface area contributed by atoms with Gasteiger partial charge in [-0.05, 0) is 37.4 Å². The molecule has 1 fully saturated rings. The minimum absolute atomic E-state index is 0.681. The summed E-state index contributed by atoms with van der Waals surface area (Å²) in [4.78, 5) is 7.12. The summed E-state index contributed by atoms with van der Waals surface area (Å²) < 4.78 is 6.56. The molecule has 0 saturated carbocycles. The summed E-state index contributed by atoms with van der Waals surface area (Å²) in [6, 6.07) is 6.09. The van der Waals surface area contributed by atoms with Crippen LogP contribution in [0.15, 0.2) is 18.2 Å². The minimum atomic E-state index is 0.681. The van der Waals surface area contributed by atoms with Gasteiger partial charge in [-0.1, -0.05) is 17.4 Å². The smallest absolute Gasteiger partial charge is 0.186 e. The number of methoxy groups -OCH3 is 1. The summed E-state index contributed by atoms with van der Waals surface area (Å²) in [7, 11) is 1.69. The topological polar surface area (TPSA) is 51.4 Å². The number of ether oxygens (including phenoxy) is 1. The number of fused-ring (bicyclic) bond motifs is 1. The van der Waals surface area contributed by atoms with Gasteiger partial charge in [-0.25, -0.2) is 4.98 Å². The van der Waals surface area contributed by atoms with Gasteiger partial charge in [0.15, 0.2) is 5.13 Å². The molecule has 1 saturated heterocycles. The van der Waals surface area contributed by atoms with Gasteiger partial charge in [-0.15, -0.1) is 0 Å². The number of rotatable bonds is 3. The first-order valence-corrected chi connectivity index (χ1v) is 7.52. The van der Waals surface area contributed by atoms with E-state index in [4.69, 9.17) is 15.5 Å². The van der Waals surface area contributed by atoms with Crippen molar-refractivity contribution in [3.8, 4) is 5.75 Å². The second-order valence-electron chi connectivity index (χ2n) is 4.97. The van der Waals surface area contributed by atoms with Crippen molar-refractivity contribution >= 4 is 26.7 Å². The Morgan fingerprint density at radius 3 is 2.89 bits per heavy atom. The van der Waals surface area contributed by atoms with E-state index in [-0.39, 0.29) is 0 Å². The van der Waals surface area contributed by atoms with Gasteiger partial charge in [-0.2, -0.15) is 0 Å². The Balaban J connectivity index is 1.86. The van der Waals surface area contributed by atoms with Crippen molar-refractivity contribution in [2.24, 2.45) is 11.7 Å². The number of hydrogen-bond acceptors (Lipinski definition) is 5. The molecule has 4 nitrogen and oxygen atoms in total. The Morgan fingerprint density at radius 1 is 1.42 bits per heavy atom. The van der Waals surface area contributed by atoms with Gasteiger partial charge in [-0.3, -0.25) is 0 Å². The molecule has 0 unspecified atom stereocenters. The number of thiazole rings is 1. The molecule has 5 heteroatoms. The normalized spacial score (nSPS) is 17.1. The van der Waals surface area contributed by atoms with Gasteiger partial charge in [0.1, 0.15) is 11.3 Å². The monoisotopic (exact) mass is 277 g/mol. The van der Waals surface area contributed by atoms with Crippen LogP contribution in [-0.4, -0.2) is 31.7 Å². The largest absolute Gasteiger partial charge is 0.494 e. The molecule has 1 aliphatic heterocycles. The summed E-state index contributed by atoms with van der Waals surface area (Å²) in [5, 5.41) is 1.11. The zero-order valence-corrected chi connectivity index (χ0v) is 11.9. The lowest BCUT2D eigenvalue weighted by Crippen LogP contribution is -2.35. The maximum absolute atomic E-state index is 5.74. The number of benzene rings is 1. The molecule has 1 aromatic heterocycles.